The molecule has 0 bridgehead atoms. The number of nitrogens with zero attached hydrogens (tertiary/aromatic N) is 3. The first-order chi connectivity index (χ1) is 10.6. The molecule has 0 spiro atoms. The number of hydrogen-bond donors (Lipinski definition) is 1. The van der Waals surface area contributed by atoms with Crippen molar-refractivity contribution in [3.05, 3.63) is 45.0 Å². The number of rotatable bonds is 2. The number of benzene rings is 1. The lowest BCUT2D eigenvalue weighted by Crippen LogP contribution is -2.49. The predicted octanol–water partition coefficient (Wildman–Crippen LogP) is -0.536. The minimum absolute atomic E-state index is 0.104. The summed E-state index contributed by atoms with van der Waals surface area (Å²) in [5.41, 5.74) is -0.279. The Morgan fingerprint density at radius 1 is 1.14 bits per heavy atom. The molecule has 1 fully saturated rings. The molecule has 1 aromatic carbocycles. The molecule has 116 valence electrons. The number of aromatic amines is 1. The number of likely N-dealkylation sites (N-methyl/N-ethyl adjacent to an activating group) is 1. The van der Waals surface area contributed by atoms with Crippen LogP contribution in [0.25, 0.3) is 11.0 Å². The van der Waals surface area contributed by atoms with Crippen molar-refractivity contribution in [3.63, 3.8) is 0 Å². The van der Waals surface area contributed by atoms with Crippen molar-refractivity contribution in [3.8, 4) is 0 Å². The highest BCUT2D eigenvalue weighted by Crippen LogP contribution is 2.08. The molecule has 3 rings (SSSR count). The van der Waals surface area contributed by atoms with Gasteiger partial charge >= 0.3 is 11.1 Å². The van der Waals surface area contributed by atoms with Crippen molar-refractivity contribution in [2.75, 3.05) is 33.2 Å². The second kappa shape index (κ2) is 5.76. The molecule has 2 heterocycles. The SMILES string of the molecule is CN1CCN(C(=O)Cn2c(=O)c(=O)[nH]c3ccccc32)CC1. The van der Waals surface area contributed by atoms with Crippen molar-refractivity contribution in [2.24, 2.45) is 0 Å². The van der Waals surface area contributed by atoms with E-state index in [2.05, 4.69) is 9.88 Å². The summed E-state index contributed by atoms with van der Waals surface area (Å²) >= 11 is 0. The molecule has 1 aliphatic heterocycles. The standard InChI is InChI=1S/C15H18N4O3/c1-17-6-8-18(9-7-17)13(20)10-19-12-5-3-2-4-11(12)16-14(21)15(19)22/h2-5H,6-10H2,1H3,(H,16,21). The van der Waals surface area contributed by atoms with Crippen LogP contribution in [-0.4, -0.2) is 58.5 Å². The average molecular weight is 302 g/mol. The van der Waals surface area contributed by atoms with Gasteiger partial charge in [0.2, 0.25) is 5.91 Å². The third-order valence-corrected chi connectivity index (χ3v) is 4.03. The number of hydrogen-bond acceptors (Lipinski definition) is 4. The number of carbonyl (C=O) groups excluding carboxylic acids is 1. The fourth-order valence-corrected chi connectivity index (χ4v) is 2.67. The van der Waals surface area contributed by atoms with Gasteiger partial charge in [0, 0.05) is 26.2 Å². The first-order valence-corrected chi connectivity index (χ1v) is 7.24. The zero-order chi connectivity index (χ0) is 15.7. The quantitative estimate of drug-likeness (QED) is 0.756. The van der Waals surface area contributed by atoms with E-state index in [9.17, 15) is 14.4 Å². The molecule has 1 saturated heterocycles. The third kappa shape index (κ3) is 2.67. The van der Waals surface area contributed by atoms with Gasteiger partial charge in [0.15, 0.2) is 0 Å². The molecule has 7 heteroatoms. The molecule has 1 N–H and O–H groups in total. The van der Waals surface area contributed by atoms with Gasteiger partial charge in [-0.3, -0.25) is 19.0 Å². The maximum atomic E-state index is 12.4. The highest BCUT2D eigenvalue weighted by Gasteiger charge is 2.20. The largest absolute Gasteiger partial charge is 0.339 e. The summed E-state index contributed by atoms with van der Waals surface area (Å²) in [5, 5.41) is 0. The molecule has 0 unspecified atom stereocenters. The zero-order valence-corrected chi connectivity index (χ0v) is 12.4. The Hall–Kier alpha value is -2.41. The maximum absolute atomic E-state index is 12.4. The van der Waals surface area contributed by atoms with Crippen LogP contribution in [0, 0.1) is 0 Å². The molecule has 0 radical (unpaired) electrons. The molecule has 1 amide bonds. The summed E-state index contributed by atoms with van der Waals surface area (Å²) in [6.45, 7) is 2.82. The summed E-state index contributed by atoms with van der Waals surface area (Å²) in [4.78, 5) is 42.7. The first-order valence-electron chi connectivity index (χ1n) is 7.24. The van der Waals surface area contributed by atoms with Crippen LogP contribution in [-0.2, 0) is 11.3 Å². The molecule has 0 atom stereocenters. The van der Waals surface area contributed by atoms with E-state index in [0.29, 0.717) is 24.1 Å². The molecule has 0 saturated carbocycles. The van der Waals surface area contributed by atoms with Gasteiger partial charge in [-0.1, -0.05) is 12.1 Å². The van der Waals surface area contributed by atoms with Crippen LogP contribution in [0.1, 0.15) is 0 Å². The van der Waals surface area contributed by atoms with Crippen LogP contribution in [0.3, 0.4) is 0 Å². The van der Waals surface area contributed by atoms with Crippen molar-refractivity contribution < 1.29 is 4.79 Å². The summed E-state index contributed by atoms with van der Waals surface area (Å²) in [6.07, 6.45) is 0. The number of para-hydroxylation sites is 2. The van der Waals surface area contributed by atoms with Gasteiger partial charge in [-0.2, -0.15) is 0 Å². The molecular weight excluding hydrogens is 284 g/mol. The van der Waals surface area contributed by atoms with E-state index in [1.54, 1.807) is 29.2 Å². The number of amides is 1. The fourth-order valence-electron chi connectivity index (χ4n) is 2.67. The van der Waals surface area contributed by atoms with Crippen molar-refractivity contribution in [2.45, 2.75) is 6.54 Å². The van der Waals surface area contributed by atoms with Gasteiger partial charge in [0.25, 0.3) is 0 Å². The van der Waals surface area contributed by atoms with Gasteiger partial charge < -0.3 is 14.8 Å². The van der Waals surface area contributed by atoms with E-state index in [1.165, 1.54) is 4.57 Å². The van der Waals surface area contributed by atoms with Crippen molar-refractivity contribution in [1.82, 2.24) is 19.4 Å². The van der Waals surface area contributed by atoms with Crippen LogP contribution in [0.2, 0.25) is 0 Å². The number of H-pyrrole nitrogens is 1. The van der Waals surface area contributed by atoms with Gasteiger partial charge in [-0.25, -0.2) is 0 Å². The topological polar surface area (TPSA) is 78.4 Å². The average Bonchev–Trinajstić information content (AvgIpc) is 2.52. The van der Waals surface area contributed by atoms with Gasteiger partial charge in [-0.05, 0) is 19.2 Å². The monoisotopic (exact) mass is 302 g/mol. The first kappa shape index (κ1) is 14.5. The van der Waals surface area contributed by atoms with E-state index in [0.717, 1.165) is 13.1 Å². The van der Waals surface area contributed by atoms with E-state index in [-0.39, 0.29) is 12.5 Å². The number of aromatic nitrogens is 2. The number of fused-ring (bicyclic) bond motifs is 1. The molecule has 0 aliphatic carbocycles. The van der Waals surface area contributed by atoms with E-state index in [4.69, 9.17) is 0 Å². The normalized spacial score (nSPS) is 16.1. The van der Waals surface area contributed by atoms with E-state index < -0.39 is 11.1 Å². The summed E-state index contributed by atoms with van der Waals surface area (Å²) in [6, 6.07) is 6.99. The number of nitrogens with one attached hydrogen (secondary N) is 1. The Morgan fingerprint density at radius 3 is 2.55 bits per heavy atom. The summed E-state index contributed by atoms with van der Waals surface area (Å²) in [7, 11) is 2.01. The van der Waals surface area contributed by atoms with Crippen LogP contribution < -0.4 is 11.1 Å². The Labute approximate surface area is 126 Å². The minimum atomic E-state index is -0.704. The van der Waals surface area contributed by atoms with E-state index in [1.807, 2.05) is 7.05 Å². The lowest BCUT2D eigenvalue weighted by Gasteiger charge is -2.32. The number of carbonyl (C=O) groups is 1. The van der Waals surface area contributed by atoms with Crippen molar-refractivity contribution in [1.29, 1.82) is 0 Å². The second-order valence-corrected chi connectivity index (χ2v) is 5.55. The minimum Gasteiger partial charge on any atom is -0.339 e. The second-order valence-electron chi connectivity index (χ2n) is 5.55. The lowest BCUT2D eigenvalue weighted by atomic mass is 10.3. The third-order valence-electron chi connectivity index (χ3n) is 4.03. The van der Waals surface area contributed by atoms with Crippen LogP contribution in [0.15, 0.2) is 33.9 Å². The molecule has 1 aromatic heterocycles. The highest BCUT2D eigenvalue weighted by molar-refractivity contribution is 5.80. The zero-order valence-electron chi connectivity index (χ0n) is 12.4. The Kier molecular flexibility index (Phi) is 3.81. The summed E-state index contributed by atoms with van der Waals surface area (Å²) in [5.74, 6) is -0.133. The van der Waals surface area contributed by atoms with Crippen LogP contribution >= 0.6 is 0 Å². The predicted molar refractivity (Wildman–Crippen MR) is 82.9 cm³/mol. The van der Waals surface area contributed by atoms with Crippen molar-refractivity contribution >= 4 is 16.9 Å². The Morgan fingerprint density at radius 2 is 1.82 bits per heavy atom. The van der Waals surface area contributed by atoms with Gasteiger partial charge in [-0.15, -0.1) is 0 Å². The van der Waals surface area contributed by atoms with Crippen LogP contribution in [0.4, 0.5) is 0 Å². The molecule has 2 aromatic rings. The molecule has 1 aliphatic rings. The highest BCUT2D eigenvalue weighted by atomic mass is 16.2. The molecule has 7 nitrogen and oxygen atoms in total. The van der Waals surface area contributed by atoms with Gasteiger partial charge in [0.1, 0.15) is 6.54 Å². The Balaban J connectivity index is 1.93. The van der Waals surface area contributed by atoms with E-state index >= 15 is 0 Å². The number of piperazine rings is 1. The maximum Gasteiger partial charge on any atom is 0.317 e. The Bertz CT molecular complexity index is 815. The fraction of sp³-hybridized carbons (Fsp3) is 0.400. The van der Waals surface area contributed by atoms with Crippen LogP contribution in [0.5, 0.6) is 0 Å². The van der Waals surface area contributed by atoms with Gasteiger partial charge in [0.05, 0.1) is 11.0 Å². The lowest BCUT2D eigenvalue weighted by molar-refractivity contribution is -0.133. The molecule has 22 heavy (non-hydrogen) atoms. The summed E-state index contributed by atoms with van der Waals surface area (Å²) < 4.78 is 1.26. The molecular formula is C15H18N4O3. The smallest absolute Gasteiger partial charge is 0.317 e.